The number of benzene rings is 1. The number of hydrogen-bond donors (Lipinski definition) is 0. The molecule has 1 nitrogen and oxygen atoms in total. The van der Waals surface area contributed by atoms with Crippen LogP contribution in [0.25, 0.3) is 0 Å². The van der Waals surface area contributed by atoms with Gasteiger partial charge in [-0.05, 0) is 18.4 Å². The Morgan fingerprint density at radius 1 is 1.38 bits per heavy atom. The van der Waals surface area contributed by atoms with Crippen LogP contribution in [0, 0.1) is 5.92 Å². The minimum Gasteiger partial charge on any atom is -0.294 e. The molecule has 0 aliphatic heterocycles. The molecule has 80 valence electrons. The average Bonchev–Trinajstić information content (AvgIpc) is 2.64. The Balaban J connectivity index is 2.13. The minimum absolute atomic E-state index is 0.229. The van der Waals surface area contributed by atoms with Gasteiger partial charge in [0.1, 0.15) is 0 Å². The third-order valence-corrected chi connectivity index (χ3v) is 3.91. The van der Waals surface area contributed by atoms with Crippen LogP contribution in [-0.2, 0) is 0 Å². The van der Waals surface area contributed by atoms with Gasteiger partial charge in [-0.2, -0.15) is 0 Å². The first kappa shape index (κ1) is 9.89. The summed E-state index contributed by atoms with van der Waals surface area (Å²) in [6.45, 7) is 2.16. The van der Waals surface area contributed by atoms with Crippen molar-refractivity contribution in [3.05, 3.63) is 41.5 Å². The first-order chi connectivity index (χ1) is 7.81. The Bertz CT molecular complexity index is 476. The molecule has 0 N–H and O–H groups in total. The Morgan fingerprint density at radius 3 is 3.06 bits per heavy atom. The standard InChI is InChI=1S/C14H15BO/c1-15-9-6-7-12-13(8-9)10-4-2-3-5-11(10)14(12)16/h2,4,6-8,10-11,15H,3,5H2,1H3. The maximum absolute atomic E-state index is 12.2. The highest BCUT2D eigenvalue weighted by molar-refractivity contribution is 6.52. The second-order valence-corrected chi connectivity index (χ2v) is 4.78. The third-order valence-electron chi connectivity index (χ3n) is 3.91. The summed E-state index contributed by atoms with van der Waals surface area (Å²) >= 11 is 0. The number of fused-ring (bicyclic) bond motifs is 3. The Hall–Kier alpha value is -1.31. The van der Waals surface area contributed by atoms with Gasteiger partial charge in [0.05, 0.1) is 0 Å². The van der Waals surface area contributed by atoms with E-state index in [0.29, 0.717) is 11.7 Å². The van der Waals surface area contributed by atoms with E-state index in [9.17, 15) is 4.79 Å². The summed E-state index contributed by atoms with van der Waals surface area (Å²) in [5.74, 6) is 0.960. The molecular weight excluding hydrogens is 195 g/mol. The van der Waals surface area contributed by atoms with Crippen molar-refractivity contribution in [2.24, 2.45) is 5.92 Å². The van der Waals surface area contributed by atoms with Gasteiger partial charge < -0.3 is 0 Å². The van der Waals surface area contributed by atoms with Gasteiger partial charge in [-0.3, -0.25) is 4.79 Å². The molecule has 0 saturated heterocycles. The van der Waals surface area contributed by atoms with Crippen LogP contribution in [0.5, 0.6) is 0 Å². The number of carbonyl (C=O) groups excluding carboxylic acids is 1. The normalized spacial score (nSPS) is 26.4. The summed E-state index contributed by atoms with van der Waals surface area (Å²) in [6, 6.07) is 6.36. The highest BCUT2D eigenvalue weighted by Crippen LogP contribution is 2.42. The van der Waals surface area contributed by atoms with Crippen LogP contribution in [0.1, 0.15) is 34.7 Å². The lowest BCUT2D eigenvalue weighted by atomic mass is 9.72. The maximum Gasteiger partial charge on any atom is 0.167 e. The molecule has 1 aromatic carbocycles. The second-order valence-electron chi connectivity index (χ2n) is 4.78. The average molecular weight is 210 g/mol. The molecule has 0 heterocycles. The molecule has 0 spiro atoms. The first-order valence-corrected chi connectivity index (χ1v) is 6.15. The second kappa shape index (κ2) is 3.62. The van der Waals surface area contributed by atoms with E-state index < -0.39 is 0 Å². The van der Waals surface area contributed by atoms with Crippen LogP contribution in [0.4, 0.5) is 0 Å². The molecule has 2 unspecified atom stereocenters. The summed E-state index contributed by atoms with van der Waals surface area (Å²) in [5.41, 5.74) is 3.58. The van der Waals surface area contributed by atoms with Crippen molar-refractivity contribution in [3.63, 3.8) is 0 Å². The van der Waals surface area contributed by atoms with Gasteiger partial charge in [0, 0.05) is 17.4 Å². The molecule has 2 aliphatic rings. The monoisotopic (exact) mass is 210 g/mol. The number of ketones is 1. The first-order valence-electron chi connectivity index (χ1n) is 6.15. The summed E-state index contributed by atoms with van der Waals surface area (Å²) < 4.78 is 0. The molecule has 2 heteroatoms. The van der Waals surface area contributed by atoms with Gasteiger partial charge in [0.2, 0.25) is 0 Å². The topological polar surface area (TPSA) is 17.1 Å². The zero-order chi connectivity index (χ0) is 11.1. The van der Waals surface area contributed by atoms with Crippen molar-refractivity contribution in [1.82, 2.24) is 0 Å². The zero-order valence-electron chi connectivity index (χ0n) is 9.57. The molecule has 0 amide bonds. The fraction of sp³-hybridized carbons (Fsp3) is 0.357. The number of rotatable bonds is 1. The highest BCUT2D eigenvalue weighted by Gasteiger charge is 2.38. The van der Waals surface area contributed by atoms with Gasteiger partial charge in [-0.15, -0.1) is 0 Å². The van der Waals surface area contributed by atoms with Crippen LogP contribution in [0.2, 0.25) is 6.82 Å². The van der Waals surface area contributed by atoms with E-state index in [1.807, 2.05) is 6.07 Å². The van der Waals surface area contributed by atoms with Gasteiger partial charge in [0.15, 0.2) is 13.1 Å². The van der Waals surface area contributed by atoms with Crippen molar-refractivity contribution < 1.29 is 4.79 Å². The van der Waals surface area contributed by atoms with Crippen LogP contribution in [0.3, 0.4) is 0 Å². The summed E-state index contributed by atoms with van der Waals surface area (Å²) in [7, 11) is 1.04. The van der Waals surface area contributed by atoms with Crippen LogP contribution in [0.15, 0.2) is 30.4 Å². The molecule has 0 aromatic heterocycles. The van der Waals surface area contributed by atoms with Crippen molar-refractivity contribution in [3.8, 4) is 0 Å². The predicted octanol–water partition coefficient (Wildman–Crippen LogP) is 2.04. The Labute approximate surface area is 96.8 Å². The van der Waals surface area contributed by atoms with Crippen LogP contribution in [-0.4, -0.2) is 13.1 Å². The maximum atomic E-state index is 12.2. The van der Waals surface area contributed by atoms with Crippen molar-refractivity contribution in [2.75, 3.05) is 0 Å². The van der Waals surface area contributed by atoms with E-state index in [4.69, 9.17) is 0 Å². The third kappa shape index (κ3) is 1.29. The molecule has 0 radical (unpaired) electrons. The molecular formula is C14H15BO. The van der Waals surface area contributed by atoms with Gasteiger partial charge in [0.25, 0.3) is 0 Å². The summed E-state index contributed by atoms with van der Waals surface area (Å²) in [6.07, 6.45) is 6.54. The van der Waals surface area contributed by atoms with E-state index in [2.05, 4.69) is 31.1 Å². The summed E-state index contributed by atoms with van der Waals surface area (Å²) in [4.78, 5) is 12.2. The van der Waals surface area contributed by atoms with E-state index >= 15 is 0 Å². The Morgan fingerprint density at radius 2 is 2.25 bits per heavy atom. The lowest BCUT2D eigenvalue weighted by molar-refractivity contribution is 0.0922. The van der Waals surface area contributed by atoms with E-state index in [1.54, 1.807) is 0 Å². The van der Waals surface area contributed by atoms with Crippen LogP contribution >= 0.6 is 0 Å². The van der Waals surface area contributed by atoms with Crippen molar-refractivity contribution >= 4 is 18.5 Å². The molecule has 0 bridgehead atoms. The zero-order valence-corrected chi connectivity index (χ0v) is 9.57. The lowest BCUT2D eigenvalue weighted by Gasteiger charge is -2.19. The largest absolute Gasteiger partial charge is 0.294 e. The number of hydrogen-bond acceptors (Lipinski definition) is 1. The molecule has 0 fully saturated rings. The van der Waals surface area contributed by atoms with Crippen molar-refractivity contribution in [1.29, 1.82) is 0 Å². The molecule has 2 aliphatic carbocycles. The van der Waals surface area contributed by atoms with Crippen molar-refractivity contribution in [2.45, 2.75) is 25.6 Å². The lowest BCUT2D eigenvalue weighted by Crippen LogP contribution is -2.14. The predicted molar refractivity (Wildman–Crippen MR) is 68.0 cm³/mol. The SMILES string of the molecule is CBc1ccc2c(c1)C1C=CCCC1C2=O. The summed E-state index contributed by atoms with van der Waals surface area (Å²) in [5, 5.41) is 0. The molecule has 0 saturated carbocycles. The van der Waals surface area contributed by atoms with Gasteiger partial charge in [-0.1, -0.05) is 42.6 Å². The molecule has 3 rings (SSSR count). The van der Waals surface area contributed by atoms with E-state index in [-0.39, 0.29) is 5.92 Å². The van der Waals surface area contributed by atoms with E-state index in [1.165, 1.54) is 11.0 Å². The van der Waals surface area contributed by atoms with Gasteiger partial charge >= 0.3 is 0 Å². The number of carbonyl (C=O) groups is 1. The molecule has 16 heavy (non-hydrogen) atoms. The number of allylic oxidation sites excluding steroid dienone is 2. The van der Waals surface area contributed by atoms with Gasteiger partial charge in [-0.25, -0.2) is 0 Å². The fourth-order valence-corrected chi connectivity index (χ4v) is 2.98. The number of Topliss-reactive ketones (excluding diaryl/α,β-unsaturated/α-hetero) is 1. The smallest absolute Gasteiger partial charge is 0.167 e. The van der Waals surface area contributed by atoms with Crippen LogP contribution < -0.4 is 5.46 Å². The minimum atomic E-state index is 0.229. The molecule has 2 atom stereocenters. The Kier molecular flexibility index (Phi) is 2.24. The molecule has 1 aromatic rings. The fourth-order valence-electron chi connectivity index (χ4n) is 2.98. The van der Waals surface area contributed by atoms with E-state index in [0.717, 1.165) is 25.7 Å². The quantitative estimate of drug-likeness (QED) is 0.512. The highest BCUT2D eigenvalue weighted by atomic mass is 16.1.